The lowest BCUT2D eigenvalue weighted by atomic mass is 9.92. The number of carbonyl (C=O) groups is 1. The molecule has 0 spiro atoms. The number of amides is 1. The molecule has 2 saturated heterocycles. The van der Waals surface area contributed by atoms with Gasteiger partial charge in [0.2, 0.25) is 17.6 Å². The molecule has 3 heterocycles. The Morgan fingerprint density at radius 3 is 2.73 bits per heavy atom. The first kappa shape index (κ1) is 21.8. The first-order valence-electron chi connectivity index (χ1n) is 11.8. The van der Waals surface area contributed by atoms with Crippen molar-refractivity contribution in [1.82, 2.24) is 19.9 Å². The van der Waals surface area contributed by atoms with Crippen LogP contribution in [0.3, 0.4) is 0 Å². The predicted octanol–water partition coefficient (Wildman–Crippen LogP) is 4.49. The Hall–Kier alpha value is -3.06. The van der Waals surface area contributed by atoms with Crippen molar-refractivity contribution in [3.8, 4) is 11.4 Å². The topological polar surface area (TPSA) is 62.5 Å². The van der Waals surface area contributed by atoms with Crippen LogP contribution >= 0.6 is 0 Å². The van der Waals surface area contributed by atoms with Gasteiger partial charge in [-0.05, 0) is 49.9 Å². The molecule has 1 amide bonds. The molecule has 2 aromatic carbocycles. The van der Waals surface area contributed by atoms with E-state index in [2.05, 4.69) is 39.3 Å². The normalized spacial score (nSPS) is 21.8. The van der Waals surface area contributed by atoms with Crippen molar-refractivity contribution < 1.29 is 13.7 Å². The molecule has 5 rings (SSSR count). The van der Waals surface area contributed by atoms with Crippen LogP contribution in [0.15, 0.2) is 59.1 Å². The molecule has 2 atom stereocenters. The molecule has 0 bridgehead atoms. The van der Waals surface area contributed by atoms with Gasteiger partial charge in [-0.15, -0.1) is 0 Å². The molecule has 7 heteroatoms. The molecule has 0 aliphatic carbocycles. The number of rotatable bonds is 5. The molecule has 33 heavy (non-hydrogen) atoms. The summed E-state index contributed by atoms with van der Waals surface area (Å²) in [7, 11) is 0. The second-order valence-electron chi connectivity index (χ2n) is 9.15. The van der Waals surface area contributed by atoms with E-state index >= 15 is 0 Å². The van der Waals surface area contributed by atoms with Gasteiger partial charge in [-0.2, -0.15) is 4.98 Å². The molecule has 2 aliphatic heterocycles. The molecule has 172 valence electrons. The zero-order valence-corrected chi connectivity index (χ0v) is 18.7. The lowest BCUT2D eigenvalue weighted by Gasteiger charge is -2.37. The van der Waals surface area contributed by atoms with Gasteiger partial charge in [-0.25, -0.2) is 4.39 Å². The van der Waals surface area contributed by atoms with Crippen molar-refractivity contribution in [2.24, 2.45) is 5.92 Å². The number of aromatic nitrogens is 2. The van der Waals surface area contributed by atoms with Gasteiger partial charge in [-0.1, -0.05) is 47.6 Å². The van der Waals surface area contributed by atoms with Gasteiger partial charge >= 0.3 is 0 Å². The van der Waals surface area contributed by atoms with Gasteiger partial charge in [0.05, 0.1) is 11.8 Å². The molecular weight excluding hydrogens is 419 g/mol. The number of halogens is 1. The Bertz CT molecular complexity index is 1090. The summed E-state index contributed by atoms with van der Waals surface area (Å²) < 4.78 is 19.1. The maximum absolute atomic E-state index is 13.5. The van der Waals surface area contributed by atoms with E-state index in [1.54, 1.807) is 12.1 Å². The molecule has 0 radical (unpaired) electrons. The van der Waals surface area contributed by atoms with Crippen molar-refractivity contribution in [2.45, 2.75) is 38.1 Å². The number of piperidine rings is 2. The zero-order valence-electron chi connectivity index (χ0n) is 18.7. The average molecular weight is 449 g/mol. The molecule has 1 aromatic heterocycles. The summed E-state index contributed by atoms with van der Waals surface area (Å²) in [6.45, 7) is 4.09. The van der Waals surface area contributed by atoms with Gasteiger partial charge in [0.25, 0.3) is 0 Å². The zero-order chi connectivity index (χ0) is 22.6. The van der Waals surface area contributed by atoms with Crippen LogP contribution in [0.1, 0.15) is 43.1 Å². The summed E-state index contributed by atoms with van der Waals surface area (Å²) in [4.78, 5) is 22.3. The van der Waals surface area contributed by atoms with E-state index in [1.165, 1.54) is 17.7 Å². The van der Waals surface area contributed by atoms with E-state index in [0.29, 0.717) is 23.8 Å². The molecular formula is C26H29FN4O2. The molecule has 0 N–H and O–H groups in total. The Balaban J connectivity index is 1.22. The minimum atomic E-state index is -0.331. The van der Waals surface area contributed by atoms with Crippen molar-refractivity contribution in [1.29, 1.82) is 0 Å². The first-order chi connectivity index (χ1) is 16.2. The number of hydrogen-bond donors (Lipinski definition) is 0. The minimum absolute atomic E-state index is 0.0153. The van der Waals surface area contributed by atoms with Gasteiger partial charge in [0, 0.05) is 31.7 Å². The Morgan fingerprint density at radius 1 is 1.03 bits per heavy atom. The van der Waals surface area contributed by atoms with Crippen LogP contribution in [0.5, 0.6) is 0 Å². The molecule has 2 aliphatic rings. The van der Waals surface area contributed by atoms with E-state index in [-0.39, 0.29) is 23.6 Å². The highest BCUT2D eigenvalue weighted by Gasteiger charge is 2.34. The SMILES string of the molecule is O=C(C1CCCN(Cc2ccccc2)C1)N1CCCC(c2nc(-c3cccc(F)c3)no2)C1. The lowest BCUT2D eigenvalue weighted by Crippen LogP contribution is -2.47. The van der Waals surface area contributed by atoms with Crippen LogP contribution in [0.2, 0.25) is 0 Å². The van der Waals surface area contributed by atoms with E-state index in [9.17, 15) is 9.18 Å². The maximum Gasteiger partial charge on any atom is 0.231 e. The van der Waals surface area contributed by atoms with Gasteiger partial charge in [-0.3, -0.25) is 9.69 Å². The first-order valence-corrected chi connectivity index (χ1v) is 11.8. The Labute approximate surface area is 193 Å². The fraction of sp³-hybridized carbons (Fsp3) is 0.423. The number of nitrogens with zero attached hydrogens (tertiary/aromatic N) is 4. The molecule has 3 aromatic rings. The number of carbonyl (C=O) groups excluding carboxylic acids is 1. The van der Waals surface area contributed by atoms with Crippen LogP contribution < -0.4 is 0 Å². The lowest BCUT2D eigenvalue weighted by molar-refractivity contribution is -0.138. The third kappa shape index (κ3) is 5.14. The van der Waals surface area contributed by atoms with Crippen LogP contribution in [0.25, 0.3) is 11.4 Å². The van der Waals surface area contributed by atoms with Crippen molar-refractivity contribution in [3.63, 3.8) is 0 Å². The highest BCUT2D eigenvalue weighted by atomic mass is 19.1. The quantitative estimate of drug-likeness (QED) is 0.575. The standard InChI is InChI=1S/C26H29FN4O2/c27-23-12-4-9-20(15-23)24-28-25(33-29-24)21-10-6-14-31(18-21)26(32)22-11-5-13-30(17-22)16-19-7-2-1-3-8-19/h1-4,7-9,12,15,21-22H,5-6,10-11,13-14,16-18H2. The van der Waals surface area contributed by atoms with E-state index in [1.807, 2.05) is 11.0 Å². The van der Waals surface area contributed by atoms with Gasteiger partial charge in [0.1, 0.15) is 5.82 Å². The predicted molar refractivity (Wildman–Crippen MR) is 123 cm³/mol. The number of hydrogen-bond acceptors (Lipinski definition) is 5. The fourth-order valence-electron chi connectivity index (χ4n) is 5.03. The van der Waals surface area contributed by atoms with E-state index < -0.39 is 0 Å². The van der Waals surface area contributed by atoms with Gasteiger partial charge in [0.15, 0.2) is 0 Å². The second kappa shape index (κ2) is 9.83. The van der Waals surface area contributed by atoms with Crippen molar-refractivity contribution in [2.75, 3.05) is 26.2 Å². The summed E-state index contributed by atoms with van der Waals surface area (Å²) in [5, 5.41) is 4.05. The summed E-state index contributed by atoms with van der Waals surface area (Å²) in [6.07, 6.45) is 3.80. The van der Waals surface area contributed by atoms with Crippen molar-refractivity contribution in [3.05, 3.63) is 71.9 Å². The van der Waals surface area contributed by atoms with Crippen LogP contribution in [-0.4, -0.2) is 52.0 Å². The van der Waals surface area contributed by atoms with Crippen LogP contribution in [0.4, 0.5) is 4.39 Å². The molecule has 2 unspecified atom stereocenters. The molecule has 0 saturated carbocycles. The second-order valence-corrected chi connectivity index (χ2v) is 9.15. The highest BCUT2D eigenvalue weighted by molar-refractivity contribution is 5.79. The summed E-state index contributed by atoms with van der Waals surface area (Å²) in [6, 6.07) is 16.6. The average Bonchev–Trinajstić information content (AvgIpc) is 3.35. The Kier molecular flexibility index (Phi) is 6.48. The van der Waals surface area contributed by atoms with Crippen LogP contribution in [0, 0.1) is 11.7 Å². The molecule has 6 nitrogen and oxygen atoms in total. The third-order valence-corrected chi connectivity index (χ3v) is 6.71. The summed E-state index contributed by atoms with van der Waals surface area (Å²) >= 11 is 0. The fourth-order valence-corrected chi connectivity index (χ4v) is 5.03. The molecule has 2 fully saturated rings. The smallest absolute Gasteiger partial charge is 0.231 e. The van der Waals surface area contributed by atoms with E-state index in [0.717, 1.165) is 51.9 Å². The van der Waals surface area contributed by atoms with Crippen molar-refractivity contribution >= 4 is 5.91 Å². The van der Waals surface area contributed by atoms with E-state index in [4.69, 9.17) is 4.52 Å². The third-order valence-electron chi connectivity index (χ3n) is 6.71. The highest BCUT2D eigenvalue weighted by Crippen LogP contribution is 2.30. The number of benzene rings is 2. The maximum atomic E-state index is 13.5. The minimum Gasteiger partial charge on any atom is -0.342 e. The monoisotopic (exact) mass is 448 g/mol. The number of likely N-dealkylation sites (tertiary alicyclic amines) is 2. The largest absolute Gasteiger partial charge is 0.342 e. The summed E-state index contributed by atoms with van der Waals surface area (Å²) in [5.41, 5.74) is 1.88. The summed E-state index contributed by atoms with van der Waals surface area (Å²) in [5.74, 6) is 0.871. The van der Waals surface area contributed by atoms with Gasteiger partial charge < -0.3 is 9.42 Å². The van der Waals surface area contributed by atoms with Crippen LogP contribution in [-0.2, 0) is 11.3 Å². The Morgan fingerprint density at radius 2 is 1.88 bits per heavy atom.